The van der Waals surface area contributed by atoms with Gasteiger partial charge in [0.05, 0.1) is 18.1 Å². The number of benzene rings is 2. The molecule has 0 atom stereocenters. The number of thiocarbonyl (C=S) groups is 1. The average Bonchev–Trinajstić information content (AvgIpc) is 3.19. The fourth-order valence-corrected chi connectivity index (χ4v) is 4.21. The summed E-state index contributed by atoms with van der Waals surface area (Å²) in [5.41, 5.74) is 5.30. The van der Waals surface area contributed by atoms with Crippen molar-refractivity contribution in [3.8, 4) is 0 Å². The van der Waals surface area contributed by atoms with Gasteiger partial charge in [-0.3, -0.25) is 10.1 Å². The highest BCUT2D eigenvalue weighted by molar-refractivity contribution is 7.81. The van der Waals surface area contributed by atoms with E-state index in [4.69, 9.17) is 17.0 Å². The second kappa shape index (κ2) is 9.19. The molecule has 30 heavy (non-hydrogen) atoms. The van der Waals surface area contributed by atoms with Crippen LogP contribution in [0, 0.1) is 10.1 Å². The summed E-state index contributed by atoms with van der Waals surface area (Å²) in [5.74, 6) is 0. The predicted octanol–water partition coefficient (Wildman–Crippen LogP) is 4.80. The number of nitro benzene ring substituents is 1. The van der Waals surface area contributed by atoms with E-state index in [2.05, 4.69) is 16.3 Å². The van der Waals surface area contributed by atoms with Crippen LogP contribution in [0.2, 0.25) is 0 Å². The monoisotopic (exact) mass is 421 g/mol. The lowest BCUT2D eigenvalue weighted by molar-refractivity contribution is -0.384. The summed E-state index contributed by atoms with van der Waals surface area (Å²) < 4.78 is 5.54. The van der Waals surface area contributed by atoms with Gasteiger partial charge in [0.25, 0.3) is 5.69 Å². The zero-order valence-electron chi connectivity index (χ0n) is 16.5. The van der Waals surface area contributed by atoms with Gasteiger partial charge in [-0.2, -0.15) is 0 Å². The molecule has 0 bridgehead atoms. The molecule has 7 heteroatoms. The van der Waals surface area contributed by atoms with Crippen molar-refractivity contribution in [2.24, 2.45) is 0 Å². The number of allylic oxidation sites excluding steroid dienone is 1. The smallest absolute Gasteiger partial charge is 0.270 e. The van der Waals surface area contributed by atoms with E-state index in [1.807, 2.05) is 36.4 Å². The number of hydrogen-bond donors (Lipinski definition) is 1. The standard InChI is InChI=1S/C23H23N3O3S/c27-26(28)20-8-4-5-17(16-20)15-18-9-10-21(22(18)25-11-13-29-14-12-25)23(30)24-19-6-2-1-3-7-19/h1-8,15-16H,9-14H2,(H,24,30). The largest absolute Gasteiger partial charge is 0.378 e. The molecule has 0 saturated carbocycles. The molecule has 1 saturated heterocycles. The zero-order chi connectivity index (χ0) is 20.9. The van der Waals surface area contributed by atoms with Crippen LogP contribution in [-0.4, -0.2) is 41.1 Å². The van der Waals surface area contributed by atoms with Gasteiger partial charge in [0.2, 0.25) is 0 Å². The van der Waals surface area contributed by atoms with E-state index in [0.717, 1.165) is 59.0 Å². The van der Waals surface area contributed by atoms with E-state index in [9.17, 15) is 10.1 Å². The Balaban J connectivity index is 1.69. The van der Waals surface area contributed by atoms with Gasteiger partial charge in [0, 0.05) is 42.2 Å². The van der Waals surface area contributed by atoms with Crippen LogP contribution in [0.15, 0.2) is 71.4 Å². The van der Waals surface area contributed by atoms with Gasteiger partial charge in [-0.05, 0) is 42.2 Å². The number of hydrogen-bond acceptors (Lipinski definition) is 5. The quantitative estimate of drug-likeness (QED) is 0.425. The van der Waals surface area contributed by atoms with Crippen molar-refractivity contribution in [2.45, 2.75) is 12.8 Å². The molecule has 2 aliphatic rings. The zero-order valence-corrected chi connectivity index (χ0v) is 17.4. The maximum atomic E-state index is 11.1. The molecule has 154 valence electrons. The Kier molecular flexibility index (Phi) is 6.21. The number of nitro groups is 1. The fraction of sp³-hybridized carbons (Fsp3) is 0.261. The van der Waals surface area contributed by atoms with Gasteiger partial charge in [0.15, 0.2) is 0 Å². The molecule has 4 rings (SSSR count). The van der Waals surface area contributed by atoms with Gasteiger partial charge in [-0.1, -0.05) is 42.5 Å². The lowest BCUT2D eigenvalue weighted by Crippen LogP contribution is -2.36. The van der Waals surface area contributed by atoms with Crippen LogP contribution in [0.25, 0.3) is 6.08 Å². The van der Waals surface area contributed by atoms with Crippen molar-refractivity contribution < 1.29 is 9.66 Å². The number of anilines is 1. The minimum absolute atomic E-state index is 0.0979. The fourth-order valence-electron chi connectivity index (χ4n) is 3.89. The highest BCUT2D eigenvalue weighted by atomic mass is 32.1. The van der Waals surface area contributed by atoms with Gasteiger partial charge >= 0.3 is 0 Å². The molecule has 1 aliphatic heterocycles. The summed E-state index contributed by atoms with van der Waals surface area (Å²) >= 11 is 5.77. The van der Waals surface area contributed by atoms with Crippen molar-refractivity contribution in [3.63, 3.8) is 0 Å². The molecular weight excluding hydrogens is 398 g/mol. The summed E-state index contributed by atoms with van der Waals surface area (Å²) in [7, 11) is 0. The highest BCUT2D eigenvalue weighted by Crippen LogP contribution is 2.37. The first-order chi connectivity index (χ1) is 14.6. The first-order valence-electron chi connectivity index (χ1n) is 9.99. The Morgan fingerprint density at radius 2 is 1.87 bits per heavy atom. The van der Waals surface area contributed by atoms with Crippen LogP contribution in [0.4, 0.5) is 11.4 Å². The third kappa shape index (κ3) is 4.58. The maximum absolute atomic E-state index is 11.1. The Morgan fingerprint density at radius 1 is 1.10 bits per heavy atom. The lowest BCUT2D eigenvalue weighted by atomic mass is 10.1. The number of para-hydroxylation sites is 1. The molecule has 0 aromatic heterocycles. The van der Waals surface area contributed by atoms with Crippen LogP contribution in [-0.2, 0) is 4.74 Å². The van der Waals surface area contributed by atoms with Crippen LogP contribution in [0.3, 0.4) is 0 Å². The number of ether oxygens (including phenoxy) is 1. The average molecular weight is 422 g/mol. The molecule has 0 radical (unpaired) electrons. The summed E-state index contributed by atoms with van der Waals surface area (Å²) in [4.78, 5) is 13.8. The van der Waals surface area contributed by atoms with E-state index >= 15 is 0 Å². The van der Waals surface area contributed by atoms with E-state index < -0.39 is 0 Å². The summed E-state index contributed by atoms with van der Waals surface area (Å²) in [5, 5.41) is 14.5. The third-order valence-corrected chi connectivity index (χ3v) is 5.64. The van der Waals surface area contributed by atoms with Crippen LogP contribution in [0.1, 0.15) is 18.4 Å². The van der Waals surface area contributed by atoms with Crippen LogP contribution >= 0.6 is 12.2 Å². The lowest BCUT2D eigenvalue weighted by Gasteiger charge is -2.32. The van der Waals surface area contributed by atoms with E-state index in [1.165, 1.54) is 6.07 Å². The Hall–Kier alpha value is -3.03. The first-order valence-corrected chi connectivity index (χ1v) is 10.4. The van der Waals surface area contributed by atoms with E-state index in [0.29, 0.717) is 13.2 Å². The summed E-state index contributed by atoms with van der Waals surface area (Å²) in [6, 6.07) is 16.7. The van der Waals surface area contributed by atoms with Crippen molar-refractivity contribution >= 4 is 34.7 Å². The topological polar surface area (TPSA) is 67.6 Å². The number of non-ortho nitro benzene ring substituents is 1. The molecular formula is C23H23N3O3S. The van der Waals surface area contributed by atoms with Crippen molar-refractivity contribution in [3.05, 3.63) is 87.1 Å². The maximum Gasteiger partial charge on any atom is 0.270 e. The molecule has 1 heterocycles. The number of nitrogens with zero attached hydrogens (tertiary/aromatic N) is 2. The van der Waals surface area contributed by atoms with Crippen molar-refractivity contribution in [1.29, 1.82) is 0 Å². The van der Waals surface area contributed by atoms with Gasteiger partial charge in [0.1, 0.15) is 4.99 Å². The first kappa shape index (κ1) is 20.3. The minimum atomic E-state index is -0.361. The molecule has 1 aliphatic carbocycles. The van der Waals surface area contributed by atoms with Crippen molar-refractivity contribution in [1.82, 2.24) is 4.90 Å². The van der Waals surface area contributed by atoms with E-state index in [-0.39, 0.29) is 10.6 Å². The molecule has 2 aromatic rings. The molecule has 0 unspecified atom stereocenters. The molecule has 6 nitrogen and oxygen atoms in total. The van der Waals surface area contributed by atoms with Crippen molar-refractivity contribution in [2.75, 3.05) is 31.6 Å². The van der Waals surface area contributed by atoms with Gasteiger partial charge in [-0.25, -0.2) is 0 Å². The number of morpholine rings is 1. The Labute approximate surface area is 181 Å². The molecule has 0 amide bonds. The summed E-state index contributed by atoms with van der Waals surface area (Å²) in [6.07, 6.45) is 3.74. The second-order valence-corrected chi connectivity index (χ2v) is 7.68. The number of rotatable bonds is 5. The molecule has 0 spiro atoms. The Bertz CT molecular complexity index is 1010. The van der Waals surface area contributed by atoms with Crippen LogP contribution < -0.4 is 5.32 Å². The minimum Gasteiger partial charge on any atom is -0.378 e. The third-order valence-electron chi connectivity index (χ3n) is 5.29. The number of nitrogens with one attached hydrogen (secondary N) is 1. The van der Waals surface area contributed by atoms with Gasteiger partial charge < -0.3 is 15.0 Å². The van der Waals surface area contributed by atoms with Gasteiger partial charge in [-0.15, -0.1) is 0 Å². The normalized spacial score (nSPS) is 18.0. The molecule has 1 fully saturated rings. The molecule has 1 N–H and O–H groups in total. The van der Waals surface area contributed by atoms with E-state index in [1.54, 1.807) is 12.1 Å². The highest BCUT2D eigenvalue weighted by Gasteiger charge is 2.28. The SMILES string of the molecule is O=[N+]([O-])c1cccc(C=C2CCC(C(=S)Nc3ccccc3)=C2N2CCOCC2)c1. The summed E-state index contributed by atoms with van der Waals surface area (Å²) in [6.45, 7) is 2.97. The second-order valence-electron chi connectivity index (χ2n) is 7.27. The predicted molar refractivity (Wildman–Crippen MR) is 122 cm³/mol. The van der Waals surface area contributed by atoms with Crippen LogP contribution in [0.5, 0.6) is 0 Å². The Morgan fingerprint density at radius 3 is 2.60 bits per heavy atom. The molecule has 2 aromatic carbocycles.